The van der Waals surface area contributed by atoms with E-state index in [-0.39, 0.29) is 31.1 Å². The lowest BCUT2D eigenvalue weighted by Gasteiger charge is -2.31. The van der Waals surface area contributed by atoms with Crippen LogP contribution in [-0.2, 0) is 27.9 Å². The zero-order valence-corrected chi connectivity index (χ0v) is 26.6. The number of esters is 1. The number of nitrogens with zero attached hydrogens (tertiary/aromatic N) is 1. The van der Waals surface area contributed by atoms with Crippen LogP contribution >= 0.6 is 7.60 Å². The Morgan fingerprint density at radius 1 is 1.02 bits per heavy atom. The Hall–Kier alpha value is -3.76. The molecule has 0 aliphatic heterocycles. The first-order valence-corrected chi connectivity index (χ1v) is 16.0. The molecule has 1 unspecified atom stereocenters. The number of carbonyl (C=O) groups is 2. The molecule has 1 aromatic heterocycles. The number of allylic oxidation sites excluding steroid dienone is 1. The Bertz CT molecular complexity index is 1500. The first-order chi connectivity index (χ1) is 20.9. The lowest BCUT2D eigenvalue weighted by atomic mass is 10.0. The molecule has 0 aliphatic carbocycles. The maximum absolute atomic E-state index is 14.2. The van der Waals surface area contributed by atoms with Gasteiger partial charge in [0.25, 0.3) is 0 Å². The molecule has 12 heteroatoms. The third-order valence-electron chi connectivity index (χ3n) is 6.35. The van der Waals surface area contributed by atoms with Gasteiger partial charge in [0.2, 0.25) is 11.7 Å². The fraction of sp³-hybridized carbons (Fsp3) is 0.406. The summed E-state index contributed by atoms with van der Waals surface area (Å²) < 4.78 is 37.0. The molecule has 0 radical (unpaired) electrons. The van der Waals surface area contributed by atoms with Gasteiger partial charge in [-0.05, 0) is 47.5 Å². The van der Waals surface area contributed by atoms with E-state index in [4.69, 9.17) is 18.2 Å². The van der Waals surface area contributed by atoms with Gasteiger partial charge in [-0.1, -0.05) is 66.7 Å². The Morgan fingerprint density at radius 2 is 1.57 bits per heavy atom. The van der Waals surface area contributed by atoms with Gasteiger partial charge in [-0.2, -0.15) is 0 Å². The number of aromatic nitrogens is 1. The molecule has 3 rings (SSSR count). The van der Waals surface area contributed by atoms with Gasteiger partial charge in [0.15, 0.2) is 5.76 Å². The third-order valence-corrected chi connectivity index (χ3v) is 8.55. The normalized spacial score (nSPS) is 14.0. The molecule has 0 saturated carbocycles. The summed E-state index contributed by atoms with van der Waals surface area (Å²) in [6.07, 6.45) is 0.425. The second kappa shape index (κ2) is 15.3. The van der Waals surface area contributed by atoms with Crippen molar-refractivity contribution in [3.63, 3.8) is 0 Å². The largest absolute Gasteiger partial charge is 0.458 e. The number of aliphatic hydroxyl groups excluding tert-OH is 1. The van der Waals surface area contributed by atoms with Gasteiger partial charge >= 0.3 is 19.3 Å². The van der Waals surface area contributed by atoms with Gasteiger partial charge in [-0.3, -0.25) is 13.9 Å². The number of nitrogens with one attached hydrogen (secondary N) is 1. The average molecular weight is 629 g/mol. The van der Waals surface area contributed by atoms with E-state index in [1.165, 1.54) is 0 Å². The smallest absolute Gasteiger partial charge is 0.420 e. The summed E-state index contributed by atoms with van der Waals surface area (Å²) in [5, 5.41) is 13.9. The van der Waals surface area contributed by atoms with Gasteiger partial charge in [0, 0.05) is 11.1 Å². The monoisotopic (exact) mass is 628 g/mol. The molecule has 44 heavy (non-hydrogen) atoms. The molecule has 1 amide bonds. The lowest BCUT2D eigenvalue weighted by molar-refractivity contribution is -0.157. The van der Waals surface area contributed by atoms with Crippen LogP contribution in [0.4, 0.5) is 0 Å². The van der Waals surface area contributed by atoms with E-state index in [9.17, 15) is 24.1 Å². The van der Waals surface area contributed by atoms with Crippen LogP contribution in [0.5, 0.6) is 0 Å². The highest BCUT2D eigenvalue weighted by molar-refractivity contribution is 7.55. The predicted octanol–water partition coefficient (Wildman–Crippen LogP) is 5.69. The lowest BCUT2D eigenvalue weighted by Crippen LogP contribution is -2.50. The van der Waals surface area contributed by atoms with E-state index in [0.29, 0.717) is 17.5 Å². The molecule has 3 atom stereocenters. The van der Waals surface area contributed by atoms with Crippen LogP contribution in [-0.4, -0.2) is 52.3 Å². The summed E-state index contributed by atoms with van der Waals surface area (Å²) in [4.78, 5) is 41.3. The Balaban J connectivity index is 2.25. The molecular formula is C32H41N2O9P. The van der Waals surface area contributed by atoms with Crippen LogP contribution in [0.25, 0.3) is 22.6 Å². The van der Waals surface area contributed by atoms with Crippen LogP contribution in [0.3, 0.4) is 0 Å². The second-order valence-electron chi connectivity index (χ2n) is 10.8. The highest BCUT2D eigenvalue weighted by atomic mass is 31.2. The van der Waals surface area contributed by atoms with Gasteiger partial charge in [-0.25, -0.2) is 9.59 Å². The number of carbonyl (C=O) groups excluding carboxylic acids is 2. The van der Waals surface area contributed by atoms with Gasteiger partial charge in [0.1, 0.15) is 11.6 Å². The zero-order chi connectivity index (χ0) is 32.5. The van der Waals surface area contributed by atoms with Gasteiger partial charge < -0.3 is 28.6 Å². The number of amides is 1. The van der Waals surface area contributed by atoms with Crippen LogP contribution in [0.15, 0.2) is 82.5 Å². The number of hydrogen-bond donors (Lipinski definition) is 2. The van der Waals surface area contributed by atoms with Crippen molar-refractivity contribution in [2.45, 2.75) is 71.0 Å². The van der Waals surface area contributed by atoms with Crippen molar-refractivity contribution < 1.29 is 37.5 Å². The van der Waals surface area contributed by atoms with Crippen LogP contribution in [0.2, 0.25) is 0 Å². The van der Waals surface area contributed by atoms with Crippen LogP contribution < -0.4 is 11.1 Å². The van der Waals surface area contributed by atoms with Gasteiger partial charge in [-0.15, -0.1) is 6.58 Å². The molecule has 2 aromatic carbocycles. The predicted molar refractivity (Wildman–Crippen MR) is 167 cm³/mol. The molecule has 238 valence electrons. The van der Waals surface area contributed by atoms with Gasteiger partial charge in [0.05, 0.1) is 25.0 Å². The third kappa shape index (κ3) is 8.45. The molecular weight excluding hydrogens is 587 g/mol. The van der Waals surface area contributed by atoms with Crippen molar-refractivity contribution in [1.29, 1.82) is 0 Å². The summed E-state index contributed by atoms with van der Waals surface area (Å²) in [6, 6.07) is 16.0. The highest BCUT2D eigenvalue weighted by Crippen LogP contribution is 2.53. The number of rotatable bonds is 15. The summed E-state index contributed by atoms with van der Waals surface area (Å²) in [5.41, 5.74) is 0.305. The minimum absolute atomic E-state index is 0.0276. The summed E-state index contributed by atoms with van der Waals surface area (Å²) in [5.74, 6) is -4.72. The van der Waals surface area contributed by atoms with Crippen LogP contribution in [0, 0.1) is 0 Å². The maximum atomic E-state index is 14.2. The van der Waals surface area contributed by atoms with E-state index >= 15 is 0 Å². The molecule has 0 aliphatic rings. The van der Waals surface area contributed by atoms with E-state index in [1.807, 2.05) is 6.07 Å². The minimum atomic E-state index is -4.35. The van der Waals surface area contributed by atoms with E-state index in [0.717, 1.165) is 4.57 Å². The minimum Gasteiger partial charge on any atom is -0.458 e. The number of benzene rings is 2. The molecule has 3 aromatic rings. The second-order valence-corrected chi connectivity index (χ2v) is 13.0. The zero-order valence-electron chi connectivity index (χ0n) is 25.7. The topological polar surface area (TPSA) is 146 Å². The molecule has 0 saturated heterocycles. The molecule has 0 fully saturated rings. The molecule has 2 N–H and O–H groups in total. The molecule has 11 nitrogen and oxygen atoms in total. The quantitative estimate of drug-likeness (QED) is 0.123. The van der Waals surface area contributed by atoms with Crippen molar-refractivity contribution in [3.8, 4) is 22.6 Å². The Morgan fingerprint density at radius 3 is 2.07 bits per heavy atom. The highest BCUT2D eigenvalue weighted by Gasteiger charge is 2.47. The van der Waals surface area contributed by atoms with E-state index < -0.39 is 48.8 Å². The van der Waals surface area contributed by atoms with Crippen LogP contribution in [0.1, 0.15) is 53.5 Å². The number of ether oxygens (including phenoxy) is 1. The fourth-order valence-electron chi connectivity index (χ4n) is 4.59. The fourth-order valence-corrected chi connectivity index (χ4v) is 6.28. The number of oxazole rings is 1. The first-order valence-electron chi connectivity index (χ1n) is 14.4. The summed E-state index contributed by atoms with van der Waals surface area (Å²) in [7, 11) is -4.35. The summed E-state index contributed by atoms with van der Waals surface area (Å²) in [6.45, 7) is 11.4. The first kappa shape index (κ1) is 34.7. The average Bonchev–Trinajstić information content (AvgIpc) is 3.31. The molecule has 1 heterocycles. The number of hydrogen-bond acceptors (Lipinski definition) is 9. The van der Waals surface area contributed by atoms with Crippen molar-refractivity contribution in [2.24, 2.45) is 0 Å². The van der Waals surface area contributed by atoms with E-state index in [2.05, 4.69) is 11.9 Å². The van der Waals surface area contributed by atoms with Crippen molar-refractivity contribution in [3.05, 3.63) is 83.9 Å². The molecule has 0 bridgehead atoms. The van der Waals surface area contributed by atoms with Crippen molar-refractivity contribution in [1.82, 2.24) is 9.88 Å². The maximum Gasteiger partial charge on any atom is 0.420 e. The Labute approximate surface area is 257 Å². The van der Waals surface area contributed by atoms with Crippen molar-refractivity contribution >= 4 is 19.5 Å². The Kier molecular flexibility index (Phi) is 12.1. The number of aliphatic hydroxyl groups is 1. The SMILES string of the molecule is C=CCC[C@H](O)[C@@H](C(=O)NC(C(=O)OC(C)(C)C)P(=O)(OCC)OCC)n1c(-c2ccccc2)c(-c2ccccc2)oc1=O. The van der Waals surface area contributed by atoms with E-state index in [1.54, 1.807) is 95.3 Å². The standard InChI is InChI=1S/C32H41N2O9P/c1-7-10-21-24(35)26(28(36)33-29(30(37)43-32(4,5)6)44(39,40-8-2)41-9-3)34-25(22-17-13-11-14-18-22)27(42-31(34)38)23-19-15-12-16-20-23/h7,11-20,24,26,29,35H,1,8-10,21H2,2-6H3,(H,33,36)/t24-,26-,29?/m0/s1. The molecule has 0 spiro atoms. The summed E-state index contributed by atoms with van der Waals surface area (Å²) >= 11 is 0. The van der Waals surface area contributed by atoms with Crippen molar-refractivity contribution in [2.75, 3.05) is 13.2 Å².